The highest BCUT2D eigenvalue weighted by Gasteiger charge is 2.19. The third-order valence-corrected chi connectivity index (χ3v) is 12.0. The van der Waals surface area contributed by atoms with Gasteiger partial charge < -0.3 is 14.2 Å². The van der Waals surface area contributed by atoms with Gasteiger partial charge in [-0.3, -0.25) is 14.4 Å². The van der Waals surface area contributed by atoms with Crippen LogP contribution in [0.2, 0.25) is 0 Å². The molecule has 0 aromatic rings. The van der Waals surface area contributed by atoms with Gasteiger partial charge in [0.15, 0.2) is 6.10 Å². The maximum Gasteiger partial charge on any atom is 0.306 e. The van der Waals surface area contributed by atoms with Crippen LogP contribution < -0.4 is 0 Å². The van der Waals surface area contributed by atoms with Crippen LogP contribution in [0, 0.1) is 5.92 Å². The van der Waals surface area contributed by atoms with Gasteiger partial charge in [-0.2, -0.15) is 0 Å². The first kappa shape index (κ1) is 57.4. The first-order valence-corrected chi connectivity index (χ1v) is 26.4. The topological polar surface area (TPSA) is 78.9 Å². The summed E-state index contributed by atoms with van der Waals surface area (Å²) in [7, 11) is 0. The summed E-state index contributed by atoms with van der Waals surface area (Å²) in [5.41, 5.74) is 0. The molecule has 6 heteroatoms. The van der Waals surface area contributed by atoms with Crippen LogP contribution in [0.25, 0.3) is 0 Å². The summed E-state index contributed by atoms with van der Waals surface area (Å²) in [6.07, 6.45) is 49.8. The second-order valence-electron chi connectivity index (χ2n) is 18.6. The molecular formula is C53H102O6. The molecule has 0 saturated carbocycles. The molecule has 1 atom stereocenters. The molecular weight excluding hydrogens is 733 g/mol. The molecule has 0 aliphatic carbocycles. The van der Waals surface area contributed by atoms with E-state index in [1.807, 2.05) is 0 Å². The maximum absolute atomic E-state index is 12.7. The molecule has 0 rings (SSSR count). The molecule has 0 N–H and O–H groups in total. The fraction of sp³-hybridized carbons (Fsp3) is 0.943. The van der Waals surface area contributed by atoms with Crippen LogP contribution in [-0.2, 0) is 28.6 Å². The summed E-state index contributed by atoms with van der Waals surface area (Å²) in [6.45, 7) is 8.96. The van der Waals surface area contributed by atoms with Crippen LogP contribution in [0.3, 0.4) is 0 Å². The van der Waals surface area contributed by atoms with Crippen LogP contribution in [0.5, 0.6) is 0 Å². The molecule has 0 saturated heterocycles. The fourth-order valence-electron chi connectivity index (χ4n) is 8.04. The molecule has 6 nitrogen and oxygen atoms in total. The smallest absolute Gasteiger partial charge is 0.306 e. The number of carbonyl (C=O) groups excluding carboxylic acids is 3. The molecule has 0 fully saturated rings. The van der Waals surface area contributed by atoms with E-state index in [1.54, 1.807) is 0 Å². The fourth-order valence-corrected chi connectivity index (χ4v) is 8.04. The van der Waals surface area contributed by atoms with Gasteiger partial charge >= 0.3 is 17.9 Å². The summed E-state index contributed by atoms with van der Waals surface area (Å²) in [5, 5.41) is 0. The Labute approximate surface area is 368 Å². The van der Waals surface area contributed by atoms with Crippen LogP contribution >= 0.6 is 0 Å². The molecule has 0 bridgehead atoms. The second kappa shape index (κ2) is 47.5. The lowest BCUT2D eigenvalue weighted by atomic mass is 10.0. The summed E-state index contributed by atoms with van der Waals surface area (Å²) < 4.78 is 16.7. The van der Waals surface area contributed by atoms with E-state index in [1.165, 1.54) is 186 Å². The largest absolute Gasteiger partial charge is 0.462 e. The van der Waals surface area contributed by atoms with Crippen molar-refractivity contribution >= 4 is 17.9 Å². The van der Waals surface area contributed by atoms with Crippen molar-refractivity contribution in [2.75, 3.05) is 13.2 Å². The Hall–Kier alpha value is -1.59. The zero-order chi connectivity index (χ0) is 43.1. The number of hydrogen-bond acceptors (Lipinski definition) is 6. The molecule has 350 valence electrons. The zero-order valence-electron chi connectivity index (χ0n) is 40.2. The average molecular weight is 835 g/mol. The summed E-state index contributed by atoms with van der Waals surface area (Å²) >= 11 is 0. The van der Waals surface area contributed by atoms with E-state index in [4.69, 9.17) is 14.2 Å². The van der Waals surface area contributed by atoms with Gasteiger partial charge in [-0.05, 0) is 25.2 Å². The number of rotatable bonds is 48. The third kappa shape index (κ3) is 47.3. The van der Waals surface area contributed by atoms with Crippen molar-refractivity contribution in [3.05, 3.63) is 0 Å². The van der Waals surface area contributed by atoms with Gasteiger partial charge in [-0.1, -0.05) is 259 Å². The van der Waals surface area contributed by atoms with E-state index >= 15 is 0 Å². The van der Waals surface area contributed by atoms with Crippen molar-refractivity contribution in [2.45, 2.75) is 303 Å². The summed E-state index contributed by atoms with van der Waals surface area (Å²) in [4.78, 5) is 37.7. The SMILES string of the molecule is CCCCCCCCCCCCCCCCCCCCCC(=O)O[C@@H](COC(=O)CCCCCCC)COC(=O)CCCCCCCCCCCCCCCCC(C)C. The molecule has 0 aromatic heterocycles. The average Bonchev–Trinajstić information content (AvgIpc) is 3.22. The van der Waals surface area contributed by atoms with Gasteiger partial charge in [-0.25, -0.2) is 0 Å². The van der Waals surface area contributed by atoms with Crippen molar-refractivity contribution in [1.29, 1.82) is 0 Å². The van der Waals surface area contributed by atoms with Gasteiger partial charge in [0.05, 0.1) is 0 Å². The number of hydrogen-bond donors (Lipinski definition) is 0. The third-order valence-electron chi connectivity index (χ3n) is 12.0. The van der Waals surface area contributed by atoms with Crippen molar-refractivity contribution in [3.8, 4) is 0 Å². The normalized spacial score (nSPS) is 11.9. The highest BCUT2D eigenvalue weighted by Crippen LogP contribution is 2.17. The number of carbonyl (C=O) groups is 3. The van der Waals surface area contributed by atoms with Gasteiger partial charge in [-0.15, -0.1) is 0 Å². The predicted molar refractivity (Wildman–Crippen MR) is 252 cm³/mol. The van der Waals surface area contributed by atoms with Gasteiger partial charge in [0.2, 0.25) is 0 Å². The van der Waals surface area contributed by atoms with Crippen molar-refractivity contribution in [2.24, 2.45) is 5.92 Å². The van der Waals surface area contributed by atoms with Gasteiger partial charge in [0.1, 0.15) is 13.2 Å². The molecule has 0 aliphatic rings. The number of ether oxygens (including phenoxy) is 3. The summed E-state index contributed by atoms with van der Waals surface area (Å²) in [6, 6.07) is 0. The van der Waals surface area contributed by atoms with E-state index < -0.39 is 6.10 Å². The van der Waals surface area contributed by atoms with Crippen molar-refractivity contribution in [1.82, 2.24) is 0 Å². The first-order valence-electron chi connectivity index (χ1n) is 26.4. The lowest BCUT2D eigenvalue weighted by molar-refractivity contribution is -0.167. The van der Waals surface area contributed by atoms with Crippen LogP contribution in [-0.4, -0.2) is 37.2 Å². The minimum Gasteiger partial charge on any atom is -0.462 e. The van der Waals surface area contributed by atoms with Crippen LogP contribution in [0.15, 0.2) is 0 Å². The monoisotopic (exact) mass is 835 g/mol. The minimum absolute atomic E-state index is 0.0638. The van der Waals surface area contributed by atoms with Gasteiger partial charge in [0, 0.05) is 19.3 Å². The molecule has 0 heterocycles. The van der Waals surface area contributed by atoms with Crippen LogP contribution in [0.4, 0.5) is 0 Å². The van der Waals surface area contributed by atoms with E-state index in [0.717, 1.165) is 70.1 Å². The molecule has 0 radical (unpaired) electrons. The Bertz CT molecular complexity index is 887. The van der Waals surface area contributed by atoms with Crippen LogP contribution in [0.1, 0.15) is 297 Å². The molecule has 59 heavy (non-hydrogen) atoms. The molecule has 0 unspecified atom stereocenters. The Morgan fingerprint density at radius 2 is 0.559 bits per heavy atom. The van der Waals surface area contributed by atoms with E-state index in [0.29, 0.717) is 19.3 Å². The molecule has 0 amide bonds. The Morgan fingerprint density at radius 3 is 0.831 bits per heavy atom. The van der Waals surface area contributed by atoms with E-state index in [9.17, 15) is 14.4 Å². The molecule has 0 aromatic carbocycles. The highest BCUT2D eigenvalue weighted by molar-refractivity contribution is 5.71. The van der Waals surface area contributed by atoms with Gasteiger partial charge in [0.25, 0.3) is 0 Å². The molecule has 0 aliphatic heterocycles. The standard InChI is InChI=1S/C53H102O6/c1-5-7-9-11-12-13-14-15-16-17-18-19-20-25-28-31-34-38-42-46-53(56)59-50(47-57-51(54)44-40-35-10-8-6-2)48-58-52(55)45-41-37-33-30-27-24-22-21-23-26-29-32-36-39-43-49(3)4/h49-50H,5-48H2,1-4H3/t50-/m0/s1. The molecule has 0 spiro atoms. The Morgan fingerprint density at radius 1 is 0.322 bits per heavy atom. The maximum atomic E-state index is 12.7. The lowest BCUT2D eigenvalue weighted by Gasteiger charge is -2.18. The van der Waals surface area contributed by atoms with E-state index in [-0.39, 0.29) is 31.1 Å². The second-order valence-corrected chi connectivity index (χ2v) is 18.6. The predicted octanol–water partition coefficient (Wildman–Crippen LogP) is 17.1. The highest BCUT2D eigenvalue weighted by atomic mass is 16.6. The lowest BCUT2D eigenvalue weighted by Crippen LogP contribution is -2.30. The number of unbranched alkanes of at least 4 members (excludes halogenated alkanes) is 35. The quantitative estimate of drug-likeness (QED) is 0.0345. The minimum atomic E-state index is -0.759. The van der Waals surface area contributed by atoms with Crippen molar-refractivity contribution in [3.63, 3.8) is 0 Å². The Kier molecular flexibility index (Phi) is 46.2. The zero-order valence-corrected chi connectivity index (χ0v) is 40.2. The summed E-state index contributed by atoms with van der Waals surface area (Å²) in [5.74, 6) is -0.0134. The first-order chi connectivity index (χ1) is 28.9. The van der Waals surface area contributed by atoms with Crippen molar-refractivity contribution < 1.29 is 28.6 Å². The number of esters is 3. The Balaban J connectivity index is 4.08. The van der Waals surface area contributed by atoms with E-state index in [2.05, 4.69) is 27.7 Å².